The molecule has 0 heterocycles. The molecule has 0 unspecified atom stereocenters. The van der Waals surface area contributed by atoms with Gasteiger partial charge in [-0.1, -0.05) is 12.1 Å². The van der Waals surface area contributed by atoms with E-state index < -0.39 is 0 Å². The fourth-order valence-corrected chi connectivity index (χ4v) is 1.14. The lowest BCUT2D eigenvalue weighted by Gasteiger charge is -2.00. The van der Waals surface area contributed by atoms with Crippen LogP contribution in [0, 0.1) is 11.3 Å². The quantitative estimate of drug-likeness (QED) is 0.741. The second-order valence-electron chi connectivity index (χ2n) is 2.89. The third-order valence-corrected chi connectivity index (χ3v) is 1.90. The van der Waals surface area contributed by atoms with E-state index in [1.54, 1.807) is 12.1 Å². The van der Waals surface area contributed by atoms with Crippen molar-refractivity contribution in [2.75, 3.05) is 7.11 Å². The first-order chi connectivity index (χ1) is 6.76. The molecule has 0 saturated carbocycles. The summed E-state index contributed by atoms with van der Waals surface area (Å²) in [5.41, 5.74) is 1.60. The average molecular weight is 226 g/mol. The van der Waals surface area contributed by atoms with E-state index in [0.717, 1.165) is 5.56 Å². The summed E-state index contributed by atoms with van der Waals surface area (Å²) < 4.78 is 4.52. The molecule has 0 fully saturated rings. The first kappa shape index (κ1) is 13.5. The number of ether oxygens (including phenoxy) is 1. The number of benzene rings is 1. The first-order valence-corrected chi connectivity index (χ1v) is 4.32. The molecule has 0 bridgehead atoms. The van der Waals surface area contributed by atoms with Crippen LogP contribution in [0.3, 0.4) is 0 Å². The van der Waals surface area contributed by atoms with E-state index in [2.05, 4.69) is 10.8 Å². The summed E-state index contributed by atoms with van der Waals surface area (Å²) >= 11 is 0. The van der Waals surface area contributed by atoms with Gasteiger partial charge in [-0.05, 0) is 24.1 Å². The lowest BCUT2D eigenvalue weighted by Crippen LogP contribution is -2.01. The molecule has 0 amide bonds. The van der Waals surface area contributed by atoms with E-state index in [9.17, 15) is 4.79 Å². The van der Waals surface area contributed by atoms with Crippen molar-refractivity contribution in [3.8, 4) is 6.07 Å². The Bertz CT molecular complexity index is 371. The maximum absolute atomic E-state index is 10.9. The highest BCUT2D eigenvalue weighted by molar-refractivity contribution is 5.85. The number of hydrogen-bond donors (Lipinski definition) is 0. The molecular weight excluding hydrogens is 214 g/mol. The van der Waals surface area contributed by atoms with Crippen LogP contribution in [-0.4, -0.2) is 13.1 Å². The van der Waals surface area contributed by atoms with Crippen LogP contribution in [0.4, 0.5) is 0 Å². The van der Waals surface area contributed by atoms with E-state index in [4.69, 9.17) is 5.26 Å². The van der Waals surface area contributed by atoms with Crippen molar-refractivity contribution in [1.82, 2.24) is 0 Å². The minimum absolute atomic E-state index is 0. The zero-order chi connectivity index (χ0) is 10.4. The summed E-state index contributed by atoms with van der Waals surface area (Å²) in [4.78, 5) is 10.9. The topological polar surface area (TPSA) is 50.1 Å². The molecule has 0 aromatic heterocycles. The van der Waals surface area contributed by atoms with Crippen molar-refractivity contribution >= 4 is 18.4 Å². The predicted octanol–water partition coefficient (Wildman–Crippen LogP) is 2.09. The van der Waals surface area contributed by atoms with Gasteiger partial charge in [-0.2, -0.15) is 5.26 Å². The molecule has 0 aliphatic heterocycles. The minimum Gasteiger partial charge on any atom is -0.469 e. The Hall–Kier alpha value is -1.53. The Morgan fingerprint density at radius 1 is 1.53 bits per heavy atom. The number of halogens is 1. The van der Waals surface area contributed by atoms with Gasteiger partial charge in [-0.25, -0.2) is 0 Å². The van der Waals surface area contributed by atoms with Gasteiger partial charge < -0.3 is 4.74 Å². The molecule has 4 heteroatoms. The van der Waals surface area contributed by atoms with E-state index in [1.165, 1.54) is 7.11 Å². The smallest absolute Gasteiger partial charge is 0.305 e. The maximum Gasteiger partial charge on any atom is 0.305 e. The molecule has 0 atom stereocenters. The van der Waals surface area contributed by atoms with Crippen LogP contribution in [-0.2, 0) is 16.0 Å². The summed E-state index contributed by atoms with van der Waals surface area (Å²) in [7, 11) is 1.37. The van der Waals surface area contributed by atoms with E-state index in [-0.39, 0.29) is 18.4 Å². The van der Waals surface area contributed by atoms with Crippen molar-refractivity contribution < 1.29 is 9.53 Å². The number of rotatable bonds is 3. The molecular formula is C11H12ClNO2. The van der Waals surface area contributed by atoms with Gasteiger partial charge in [0.2, 0.25) is 0 Å². The molecule has 15 heavy (non-hydrogen) atoms. The number of methoxy groups -OCH3 is 1. The molecule has 1 rings (SSSR count). The van der Waals surface area contributed by atoms with Crippen molar-refractivity contribution in [1.29, 1.82) is 5.26 Å². The number of aryl methyl sites for hydroxylation is 1. The molecule has 1 aromatic rings. The van der Waals surface area contributed by atoms with Crippen LogP contribution in [0.15, 0.2) is 24.3 Å². The summed E-state index contributed by atoms with van der Waals surface area (Å²) in [6.07, 6.45) is 0.966. The van der Waals surface area contributed by atoms with Gasteiger partial charge in [0, 0.05) is 6.42 Å². The monoisotopic (exact) mass is 225 g/mol. The summed E-state index contributed by atoms with van der Waals surface area (Å²) in [5.74, 6) is -0.229. The first-order valence-electron chi connectivity index (χ1n) is 4.32. The second-order valence-corrected chi connectivity index (χ2v) is 2.89. The molecule has 0 saturated heterocycles. The van der Waals surface area contributed by atoms with Gasteiger partial charge in [0.15, 0.2) is 0 Å². The molecule has 0 spiro atoms. The second kappa shape index (κ2) is 6.86. The van der Waals surface area contributed by atoms with Crippen LogP contribution in [0.1, 0.15) is 17.5 Å². The van der Waals surface area contributed by atoms with E-state index >= 15 is 0 Å². The fraction of sp³-hybridized carbons (Fsp3) is 0.273. The van der Waals surface area contributed by atoms with E-state index in [1.807, 2.05) is 12.1 Å². The van der Waals surface area contributed by atoms with Gasteiger partial charge in [0.05, 0.1) is 18.7 Å². The molecule has 3 nitrogen and oxygen atoms in total. The summed E-state index contributed by atoms with van der Waals surface area (Å²) in [6, 6.07) is 9.27. The van der Waals surface area contributed by atoms with Gasteiger partial charge in [-0.3, -0.25) is 4.79 Å². The van der Waals surface area contributed by atoms with Crippen molar-refractivity contribution in [3.63, 3.8) is 0 Å². The molecule has 0 radical (unpaired) electrons. The van der Waals surface area contributed by atoms with E-state index in [0.29, 0.717) is 18.4 Å². The highest BCUT2D eigenvalue weighted by Gasteiger charge is 2.01. The third kappa shape index (κ3) is 4.48. The number of hydrogen-bond acceptors (Lipinski definition) is 3. The normalized spacial score (nSPS) is 8.53. The Morgan fingerprint density at radius 2 is 2.27 bits per heavy atom. The Kier molecular flexibility index (Phi) is 6.16. The van der Waals surface area contributed by atoms with Crippen LogP contribution in [0.25, 0.3) is 0 Å². The van der Waals surface area contributed by atoms with Crippen LogP contribution < -0.4 is 0 Å². The highest BCUT2D eigenvalue weighted by atomic mass is 35.5. The highest BCUT2D eigenvalue weighted by Crippen LogP contribution is 2.06. The van der Waals surface area contributed by atoms with Crippen molar-refractivity contribution in [2.45, 2.75) is 12.8 Å². The lowest BCUT2D eigenvalue weighted by atomic mass is 10.1. The fourth-order valence-electron chi connectivity index (χ4n) is 1.14. The Labute approximate surface area is 95.1 Å². The molecule has 0 N–H and O–H groups in total. The average Bonchev–Trinajstić information content (AvgIpc) is 2.26. The van der Waals surface area contributed by atoms with Crippen LogP contribution in [0.5, 0.6) is 0 Å². The SMILES string of the molecule is COC(=O)CCc1cccc(C#N)c1.Cl. The largest absolute Gasteiger partial charge is 0.469 e. The molecule has 80 valence electrons. The Morgan fingerprint density at radius 3 is 2.87 bits per heavy atom. The molecule has 0 aliphatic rings. The predicted molar refractivity (Wildman–Crippen MR) is 58.7 cm³/mol. The molecule has 0 aliphatic carbocycles. The van der Waals surface area contributed by atoms with Crippen molar-refractivity contribution in [2.24, 2.45) is 0 Å². The number of nitriles is 1. The maximum atomic E-state index is 10.9. The van der Waals surface area contributed by atoms with Crippen LogP contribution in [0.2, 0.25) is 0 Å². The minimum atomic E-state index is -0.229. The molecule has 1 aromatic carbocycles. The lowest BCUT2D eigenvalue weighted by molar-refractivity contribution is -0.140. The Balaban J connectivity index is 0.00000196. The summed E-state index contributed by atoms with van der Waals surface area (Å²) in [5, 5.41) is 8.64. The summed E-state index contributed by atoms with van der Waals surface area (Å²) in [6.45, 7) is 0. The zero-order valence-corrected chi connectivity index (χ0v) is 9.21. The number of esters is 1. The number of carbonyl (C=O) groups is 1. The van der Waals surface area contributed by atoms with Gasteiger partial charge in [-0.15, -0.1) is 12.4 Å². The van der Waals surface area contributed by atoms with Crippen LogP contribution >= 0.6 is 12.4 Å². The number of nitrogens with zero attached hydrogens (tertiary/aromatic N) is 1. The van der Waals surface area contributed by atoms with Gasteiger partial charge in [0.25, 0.3) is 0 Å². The standard InChI is InChI=1S/C11H11NO2.ClH/c1-14-11(13)6-5-9-3-2-4-10(7-9)8-12;/h2-4,7H,5-6H2,1H3;1H. The van der Waals surface area contributed by atoms with Gasteiger partial charge >= 0.3 is 5.97 Å². The number of carbonyl (C=O) groups excluding carboxylic acids is 1. The third-order valence-electron chi connectivity index (χ3n) is 1.90. The zero-order valence-electron chi connectivity index (χ0n) is 8.40. The van der Waals surface area contributed by atoms with Gasteiger partial charge in [0.1, 0.15) is 0 Å². The van der Waals surface area contributed by atoms with Crippen molar-refractivity contribution in [3.05, 3.63) is 35.4 Å².